The lowest BCUT2D eigenvalue weighted by Gasteiger charge is -2.23. The average molecular weight is 356 g/mol. The van der Waals surface area contributed by atoms with E-state index in [1.807, 2.05) is 0 Å². The number of hydrogen-bond donors (Lipinski definition) is 1. The number of thiophene rings is 1. The quantitative estimate of drug-likeness (QED) is 0.403. The van der Waals surface area contributed by atoms with Crippen molar-refractivity contribution >= 4 is 32.7 Å². The van der Waals surface area contributed by atoms with Gasteiger partial charge in [0.1, 0.15) is 0 Å². The molecule has 4 rings (SSSR count). The fourth-order valence-corrected chi connectivity index (χ4v) is 4.29. The number of fused-ring (bicyclic) bond motifs is 1. The van der Waals surface area contributed by atoms with Gasteiger partial charge >= 0.3 is 0 Å². The average Bonchev–Trinajstić information content (AvgIpc) is 3.10. The molecule has 1 nitrogen and oxygen atoms in total. The number of anilines is 1. The molecule has 1 N–H and O–H groups in total. The lowest BCUT2D eigenvalue weighted by atomic mass is 9.93. The molecule has 1 atom stereocenters. The molecule has 4 aromatic rings. The van der Waals surface area contributed by atoms with Gasteiger partial charge in [-0.3, -0.25) is 0 Å². The number of benzene rings is 3. The molecule has 1 unspecified atom stereocenters. The van der Waals surface area contributed by atoms with Gasteiger partial charge in [-0.05, 0) is 52.8 Å². The summed E-state index contributed by atoms with van der Waals surface area (Å²) in [5.41, 5.74) is 5.89. The van der Waals surface area contributed by atoms with Crippen molar-refractivity contribution in [2.24, 2.45) is 0 Å². The van der Waals surface area contributed by atoms with Crippen LogP contribution in [0.3, 0.4) is 0 Å². The van der Waals surface area contributed by atoms with Crippen molar-refractivity contribution in [2.75, 3.05) is 5.32 Å². The zero-order valence-corrected chi connectivity index (χ0v) is 15.6. The van der Waals surface area contributed by atoms with Crippen LogP contribution >= 0.6 is 11.3 Å². The first-order chi connectivity index (χ1) is 12.7. The maximum absolute atomic E-state index is 4.49. The van der Waals surface area contributed by atoms with Crippen molar-refractivity contribution in [3.8, 4) is 0 Å². The molecule has 0 spiro atoms. The van der Waals surface area contributed by atoms with Gasteiger partial charge in [-0.1, -0.05) is 67.2 Å². The van der Waals surface area contributed by atoms with E-state index in [9.17, 15) is 0 Å². The van der Waals surface area contributed by atoms with Crippen LogP contribution in [0.4, 0.5) is 5.69 Å². The second-order valence-electron chi connectivity index (χ2n) is 6.53. The maximum Gasteiger partial charge on any atom is 0.0768 e. The second-order valence-corrected chi connectivity index (χ2v) is 7.44. The molecule has 0 saturated heterocycles. The summed E-state index contributed by atoms with van der Waals surface area (Å²) in [7, 11) is 0. The molecule has 3 aromatic carbocycles. The van der Waals surface area contributed by atoms with Crippen LogP contribution in [0.2, 0.25) is 0 Å². The molecule has 2 heteroatoms. The molecule has 1 heterocycles. The molecular formula is C24H21NS. The van der Waals surface area contributed by atoms with Crippen LogP contribution in [0.15, 0.2) is 90.8 Å². The first-order valence-electron chi connectivity index (χ1n) is 8.76. The summed E-state index contributed by atoms with van der Waals surface area (Å²) in [4.78, 5) is 0. The van der Waals surface area contributed by atoms with Crippen LogP contribution in [0.25, 0.3) is 15.7 Å². The highest BCUT2D eigenvalue weighted by molar-refractivity contribution is 7.17. The first-order valence-corrected chi connectivity index (χ1v) is 9.64. The van der Waals surface area contributed by atoms with Gasteiger partial charge in [0, 0.05) is 15.8 Å². The molecule has 0 amide bonds. The normalized spacial score (nSPS) is 12.0. The van der Waals surface area contributed by atoms with Gasteiger partial charge in [-0.25, -0.2) is 0 Å². The highest BCUT2D eigenvalue weighted by Gasteiger charge is 2.19. The number of aryl methyl sites for hydroxylation is 1. The molecule has 1 aromatic heterocycles. The largest absolute Gasteiger partial charge is 0.374 e. The van der Waals surface area contributed by atoms with E-state index in [2.05, 4.69) is 103 Å². The van der Waals surface area contributed by atoms with Gasteiger partial charge in [-0.2, -0.15) is 0 Å². The highest BCUT2D eigenvalue weighted by atomic mass is 32.1. The lowest BCUT2D eigenvalue weighted by Crippen LogP contribution is -2.12. The van der Waals surface area contributed by atoms with Crippen LogP contribution in [0.5, 0.6) is 0 Å². The monoisotopic (exact) mass is 355 g/mol. The summed E-state index contributed by atoms with van der Waals surface area (Å²) >= 11 is 1.78. The highest BCUT2D eigenvalue weighted by Crippen LogP contribution is 2.38. The van der Waals surface area contributed by atoms with Crippen molar-refractivity contribution in [2.45, 2.75) is 13.0 Å². The third-order valence-corrected chi connectivity index (χ3v) is 5.60. The zero-order chi connectivity index (χ0) is 17.9. The Labute approximate surface area is 158 Å². The van der Waals surface area contributed by atoms with E-state index in [-0.39, 0.29) is 6.04 Å². The van der Waals surface area contributed by atoms with Crippen LogP contribution in [0.1, 0.15) is 22.7 Å². The third-order valence-electron chi connectivity index (χ3n) is 4.64. The summed E-state index contributed by atoms with van der Waals surface area (Å²) in [5, 5.41) is 7.19. The van der Waals surface area contributed by atoms with Gasteiger partial charge in [0.25, 0.3) is 0 Å². The Morgan fingerprint density at radius 2 is 1.69 bits per heavy atom. The minimum absolute atomic E-state index is 0.0241. The zero-order valence-electron chi connectivity index (χ0n) is 14.8. The van der Waals surface area contributed by atoms with Crippen molar-refractivity contribution in [1.29, 1.82) is 0 Å². The molecule has 0 saturated carbocycles. The third kappa shape index (κ3) is 3.29. The SMILES string of the molecule is C=C(c1csc2ccccc12)C(Nc1cccc(C)c1)c1ccccc1. The number of rotatable bonds is 5. The Bertz CT molecular complexity index is 1050. The van der Waals surface area contributed by atoms with E-state index < -0.39 is 0 Å². The Balaban J connectivity index is 1.76. The van der Waals surface area contributed by atoms with Crippen molar-refractivity contribution in [3.63, 3.8) is 0 Å². The molecule has 0 radical (unpaired) electrons. The summed E-state index contributed by atoms with van der Waals surface area (Å²) in [5.74, 6) is 0. The van der Waals surface area contributed by atoms with Gasteiger partial charge < -0.3 is 5.32 Å². The number of nitrogens with one attached hydrogen (secondary N) is 1. The predicted octanol–water partition coefficient (Wildman–Crippen LogP) is 7.08. The van der Waals surface area contributed by atoms with Gasteiger partial charge in [0.2, 0.25) is 0 Å². The summed E-state index contributed by atoms with van der Waals surface area (Å²) < 4.78 is 1.30. The molecule has 0 aliphatic carbocycles. The Morgan fingerprint density at radius 1 is 0.923 bits per heavy atom. The summed E-state index contributed by atoms with van der Waals surface area (Å²) in [6, 6.07) is 27.6. The van der Waals surface area contributed by atoms with Crippen LogP contribution in [0, 0.1) is 6.92 Å². The van der Waals surface area contributed by atoms with Gasteiger partial charge in [0.05, 0.1) is 6.04 Å². The standard InChI is InChI=1S/C24H21NS/c1-17-9-8-12-20(15-17)25-24(19-10-4-3-5-11-19)18(2)22-16-26-23-14-7-6-13-21(22)23/h3-16,24-25H,2H2,1H3. The van der Waals surface area contributed by atoms with Crippen LogP contribution < -0.4 is 5.32 Å². The lowest BCUT2D eigenvalue weighted by molar-refractivity contribution is 1.01. The topological polar surface area (TPSA) is 12.0 Å². The Kier molecular flexibility index (Phi) is 4.59. The maximum atomic E-state index is 4.49. The Morgan fingerprint density at radius 3 is 2.50 bits per heavy atom. The van der Waals surface area contributed by atoms with E-state index in [0.717, 1.165) is 11.3 Å². The van der Waals surface area contributed by atoms with Gasteiger partial charge in [0.15, 0.2) is 0 Å². The first kappa shape index (κ1) is 16.6. The summed E-state index contributed by atoms with van der Waals surface area (Å²) in [6.07, 6.45) is 0. The van der Waals surface area contributed by atoms with E-state index in [4.69, 9.17) is 0 Å². The fraction of sp³-hybridized carbons (Fsp3) is 0.0833. The molecule has 0 aliphatic heterocycles. The van der Waals surface area contributed by atoms with E-state index in [1.165, 1.54) is 26.8 Å². The molecule has 0 fully saturated rings. The molecule has 128 valence electrons. The van der Waals surface area contributed by atoms with E-state index in [1.54, 1.807) is 11.3 Å². The molecular weight excluding hydrogens is 334 g/mol. The molecule has 0 bridgehead atoms. The minimum atomic E-state index is 0.0241. The van der Waals surface area contributed by atoms with Crippen LogP contribution in [-0.4, -0.2) is 0 Å². The van der Waals surface area contributed by atoms with Crippen LogP contribution in [-0.2, 0) is 0 Å². The minimum Gasteiger partial charge on any atom is -0.374 e. The second kappa shape index (κ2) is 7.19. The fourth-order valence-electron chi connectivity index (χ4n) is 3.30. The van der Waals surface area contributed by atoms with Crippen molar-refractivity contribution in [3.05, 3.63) is 108 Å². The Hall–Kier alpha value is -2.84. The van der Waals surface area contributed by atoms with Gasteiger partial charge in [-0.15, -0.1) is 11.3 Å². The smallest absolute Gasteiger partial charge is 0.0768 e. The molecule has 0 aliphatic rings. The van der Waals surface area contributed by atoms with Crippen molar-refractivity contribution < 1.29 is 0 Å². The summed E-state index contributed by atoms with van der Waals surface area (Å²) in [6.45, 7) is 6.60. The number of hydrogen-bond acceptors (Lipinski definition) is 2. The predicted molar refractivity (Wildman–Crippen MR) is 115 cm³/mol. The van der Waals surface area contributed by atoms with Crippen molar-refractivity contribution in [1.82, 2.24) is 0 Å². The van der Waals surface area contributed by atoms with E-state index >= 15 is 0 Å². The van der Waals surface area contributed by atoms with E-state index in [0.29, 0.717) is 0 Å². The molecule has 26 heavy (non-hydrogen) atoms.